The molecule has 94 valence electrons. The number of rotatable bonds is 1. The van der Waals surface area contributed by atoms with Crippen molar-refractivity contribution in [3.05, 3.63) is 53.7 Å². The summed E-state index contributed by atoms with van der Waals surface area (Å²) in [5.41, 5.74) is 8.04. The molecule has 0 amide bonds. The highest BCUT2D eigenvalue weighted by molar-refractivity contribution is 5.96. The molecule has 0 radical (unpaired) electrons. The lowest BCUT2D eigenvalue weighted by Gasteiger charge is -2.11. The summed E-state index contributed by atoms with van der Waals surface area (Å²) in [5, 5.41) is 4.79. The first-order valence-corrected chi connectivity index (χ1v) is 6.77. The molecule has 2 nitrogen and oxygen atoms in total. The Morgan fingerprint density at radius 3 is 2.89 bits per heavy atom. The summed E-state index contributed by atoms with van der Waals surface area (Å²) in [6.45, 7) is 3.23. The van der Waals surface area contributed by atoms with E-state index < -0.39 is 0 Å². The van der Waals surface area contributed by atoms with E-state index in [1.807, 2.05) is 6.20 Å². The van der Waals surface area contributed by atoms with Gasteiger partial charge in [0.15, 0.2) is 0 Å². The number of anilines is 1. The van der Waals surface area contributed by atoms with Crippen LogP contribution in [0.2, 0.25) is 0 Å². The summed E-state index contributed by atoms with van der Waals surface area (Å²) in [7, 11) is 0. The molecule has 0 spiro atoms. The highest BCUT2D eigenvalue weighted by Gasteiger charge is 2.18. The van der Waals surface area contributed by atoms with Crippen molar-refractivity contribution in [3.8, 4) is 11.1 Å². The molecule has 2 N–H and O–H groups in total. The molecule has 0 aliphatic carbocycles. The lowest BCUT2D eigenvalue weighted by Crippen LogP contribution is -1.92. The van der Waals surface area contributed by atoms with E-state index in [4.69, 9.17) is 0 Å². The van der Waals surface area contributed by atoms with Crippen LogP contribution in [-0.2, 0) is 6.42 Å². The van der Waals surface area contributed by atoms with Gasteiger partial charge in [0.05, 0.1) is 5.52 Å². The zero-order chi connectivity index (χ0) is 12.8. The van der Waals surface area contributed by atoms with Crippen molar-refractivity contribution in [1.82, 2.24) is 4.98 Å². The number of aromatic amines is 1. The van der Waals surface area contributed by atoms with Crippen LogP contribution >= 0.6 is 0 Å². The van der Waals surface area contributed by atoms with E-state index in [1.54, 1.807) is 0 Å². The molecule has 3 aromatic rings. The van der Waals surface area contributed by atoms with Crippen molar-refractivity contribution in [2.75, 3.05) is 11.9 Å². The number of aromatic nitrogens is 1. The van der Waals surface area contributed by atoms with Crippen molar-refractivity contribution >= 4 is 16.6 Å². The second-order valence-corrected chi connectivity index (χ2v) is 5.21. The van der Waals surface area contributed by atoms with E-state index in [9.17, 15) is 0 Å². The first-order chi connectivity index (χ1) is 9.34. The number of benzene rings is 2. The monoisotopic (exact) mass is 248 g/mol. The van der Waals surface area contributed by atoms with Gasteiger partial charge in [-0.25, -0.2) is 0 Å². The maximum atomic E-state index is 3.51. The van der Waals surface area contributed by atoms with Crippen LogP contribution in [0, 0.1) is 6.92 Å². The summed E-state index contributed by atoms with van der Waals surface area (Å²) in [4.78, 5) is 3.37. The molecule has 2 aromatic carbocycles. The van der Waals surface area contributed by atoms with Gasteiger partial charge in [-0.15, -0.1) is 0 Å². The van der Waals surface area contributed by atoms with Crippen LogP contribution in [0.1, 0.15) is 11.1 Å². The number of aryl methyl sites for hydroxylation is 1. The van der Waals surface area contributed by atoms with Gasteiger partial charge in [0.2, 0.25) is 0 Å². The molecule has 0 fully saturated rings. The quantitative estimate of drug-likeness (QED) is 0.666. The Bertz CT molecular complexity index is 768. The summed E-state index contributed by atoms with van der Waals surface area (Å²) in [6, 6.07) is 13.1. The zero-order valence-electron chi connectivity index (χ0n) is 11.0. The Labute approximate surface area is 112 Å². The molecule has 1 aromatic heterocycles. The molecular weight excluding hydrogens is 232 g/mol. The topological polar surface area (TPSA) is 27.8 Å². The van der Waals surface area contributed by atoms with E-state index in [0.29, 0.717) is 0 Å². The van der Waals surface area contributed by atoms with Crippen LogP contribution in [0.15, 0.2) is 42.6 Å². The SMILES string of the molecule is Cc1ccc(-c2cccc3cc[nH]c23)c2c1NCC2. The summed E-state index contributed by atoms with van der Waals surface area (Å²) < 4.78 is 0. The molecule has 0 unspecified atom stereocenters. The van der Waals surface area contributed by atoms with E-state index in [0.717, 1.165) is 13.0 Å². The Morgan fingerprint density at radius 2 is 1.95 bits per heavy atom. The van der Waals surface area contributed by atoms with Gasteiger partial charge < -0.3 is 10.3 Å². The van der Waals surface area contributed by atoms with Crippen LogP contribution in [0.3, 0.4) is 0 Å². The van der Waals surface area contributed by atoms with Gasteiger partial charge in [-0.05, 0) is 41.5 Å². The van der Waals surface area contributed by atoms with Gasteiger partial charge in [0.1, 0.15) is 0 Å². The van der Waals surface area contributed by atoms with Gasteiger partial charge in [-0.3, -0.25) is 0 Å². The smallest absolute Gasteiger partial charge is 0.0533 e. The first-order valence-electron chi connectivity index (χ1n) is 6.77. The second kappa shape index (κ2) is 3.89. The van der Waals surface area contributed by atoms with Crippen molar-refractivity contribution in [2.45, 2.75) is 13.3 Å². The van der Waals surface area contributed by atoms with Crippen molar-refractivity contribution in [2.24, 2.45) is 0 Å². The molecule has 0 atom stereocenters. The normalized spacial score (nSPS) is 13.5. The van der Waals surface area contributed by atoms with Crippen LogP contribution in [-0.4, -0.2) is 11.5 Å². The molecular formula is C17H16N2. The number of nitrogens with one attached hydrogen (secondary N) is 2. The summed E-state index contributed by atoms with van der Waals surface area (Å²) in [5.74, 6) is 0. The third-order valence-electron chi connectivity index (χ3n) is 4.08. The molecule has 2 heteroatoms. The molecule has 0 saturated heterocycles. The molecule has 0 bridgehead atoms. The van der Waals surface area contributed by atoms with Crippen LogP contribution in [0.5, 0.6) is 0 Å². The predicted octanol–water partition coefficient (Wildman–Crippen LogP) is 4.11. The highest BCUT2D eigenvalue weighted by atomic mass is 14.9. The van der Waals surface area contributed by atoms with Gasteiger partial charge in [0.25, 0.3) is 0 Å². The minimum absolute atomic E-state index is 1.05. The standard InChI is InChI=1S/C17H16N2/c1-11-5-6-13(15-8-10-18-16(11)15)14-4-2-3-12-7-9-19-17(12)14/h2-7,9,18-19H,8,10H2,1H3. The summed E-state index contributed by atoms with van der Waals surface area (Å²) >= 11 is 0. The van der Waals surface area contributed by atoms with Crippen LogP contribution in [0.25, 0.3) is 22.0 Å². The number of hydrogen-bond donors (Lipinski definition) is 2. The Morgan fingerprint density at radius 1 is 1.00 bits per heavy atom. The fourth-order valence-corrected chi connectivity index (χ4v) is 3.14. The minimum atomic E-state index is 1.05. The number of hydrogen-bond acceptors (Lipinski definition) is 1. The molecule has 2 heterocycles. The molecule has 1 aliphatic heterocycles. The van der Waals surface area contributed by atoms with Crippen LogP contribution in [0.4, 0.5) is 5.69 Å². The largest absolute Gasteiger partial charge is 0.384 e. The zero-order valence-corrected chi connectivity index (χ0v) is 11.0. The Hall–Kier alpha value is -2.22. The van der Waals surface area contributed by atoms with E-state index in [1.165, 1.54) is 38.8 Å². The third kappa shape index (κ3) is 1.49. The first kappa shape index (κ1) is 10.7. The highest BCUT2D eigenvalue weighted by Crippen LogP contribution is 2.37. The fraction of sp³-hybridized carbons (Fsp3) is 0.176. The maximum Gasteiger partial charge on any atom is 0.0533 e. The molecule has 1 aliphatic rings. The van der Waals surface area contributed by atoms with Gasteiger partial charge in [-0.2, -0.15) is 0 Å². The Kier molecular flexibility index (Phi) is 2.18. The lowest BCUT2D eigenvalue weighted by molar-refractivity contribution is 1.11. The van der Waals surface area contributed by atoms with E-state index in [2.05, 4.69) is 53.6 Å². The van der Waals surface area contributed by atoms with Gasteiger partial charge >= 0.3 is 0 Å². The Balaban J connectivity index is 2.03. The lowest BCUT2D eigenvalue weighted by atomic mass is 9.94. The summed E-state index contributed by atoms with van der Waals surface area (Å²) in [6.07, 6.45) is 3.13. The van der Waals surface area contributed by atoms with Crippen molar-refractivity contribution in [3.63, 3.8) is 0 Å². The minimum Gasteiger partial charge on any atom is -0.384 e. The molecule has 0 saturated carbocycles. The number of para-hydroxylation sites is 1. The maximum absolute atomic E-state index is 3.51. The third-order valence-corrected chi connectivity index (χ3v) is 4.08. The average molecular weight is 248 g/mol. The van der Waals surface area contributed by atoms with Crippen molar-refractivity contribution in [1.29, 1.82) is 0 Å². The number of H-pyrrole nitrogens is 1. The van der Waals surface area contributed by atoms with Crippen LogP contribution < -0.4 is 5.32 Å². The van der Waals surface area contributed by atoms with E-state index >= 15 is 0 Å². The average Bonchev–Trinajstić information content (AvgIpc) is 3.08. The molecule has 19 heavy (non-hydrogen) atoms. The molecule has 4 rings (SSSR count). The number of fused-ring (bicyclic) bond motifs is 2. The van der Waals surface area contributed by atoms with Crippen molar-refractivity contribution < 1.29 is 0 Å². The van der Waals surface area contributed by atoms with Gasteiger partial charge in [-0.1, -0.05) is 30.3 Å². The van der Waals surface area contributed by atoms with Gasteiger partial charge in [0, 0.05) is 24.0 Å². The predicted molar refractivity (Wildman–Crippen MR) is 80.7 cm³/mol. The second-order valence-electron chi connectivity index (χ2n) is 5.21. The van der Waals surface area contributed by atoms with E-state index in [-0.39, 0.29) is 0 Å². The fourth-order valence-electron chi connectivity index (χ4n) is 3.14.